The maximum atomic E-state index is 13.2. The molecular formula is C13H13F7N2O2S. The highest BCUT2D eigenvalue weighted by Crippen LogP contribution is 2.35. The summed E-state index contributed by atoms with van der Waals surface area (Å²) in [5, 5.41) is 2.48. The number of anilines is 1. The molecule has 0 radical (unpaired) electrons. The quantitative estimate of drug-likeness (QED) is 0.798. The molecule has 1 aromatic carbocycles. The van der Waals surface area contributed by atoms with Gasteiger partial charge in [0.25, 0.3) is 9.84 Å². The van der Waals surface area contributed by atoms with Gasteiger partial charge in [0.15, 0.2) is 0 Å². The van der Waals surface area contributed by atoms with Crippen LogP contribution in [0, 0.1) is 5.82 Å². The van der Waals surface area contributed by atoms with E-state index in [2.05, 4.69) is 5.32 Å². The Balaban J connectivity index is 2.22. The van der Waals surface area contributed by atoms with Crippen molar-refractivity contribution >= 4 is 15.5 Å². The van der Waals surface area contributed by atoms with Gasteiger partial charge < -0.3 is 5.32 Å². The number of benzene rings is 1. The smallest absolute Gasteiger partial charge is 0.380 e. The summed E-state index contributed by atoms with van der Waals surface area (Å²) in [6.45, 7) is -1.27. The number of hydrogen-bond donors (Lipinski definition) is 1. The molecule has 1 N–H and O–H groups in total. The van der Waals surface area contributed by atoms with E-state index in [-0.39, 0.29) is 25.6 Å². The van der Waals surface area contributed by atoms with Crippen LogP contribution in [0.15, 0.2) is 23.1 Å². The summed E-state index contributed by atoms with van der Waals surface area (Å²) < 4.78 is 112. The lowest BCUT2D eigenvalue weighted by molar-refractivity contribution is -0.143. The van der Waals surface area contributed by atoms with Crippen molar-refractivity contribution in [3.8, 4) is 0 Å². The van der Waals surface area contributed by atoms with Gasteiger partial charge in [-0.3, -0.25) is 4.90 Å². The van der Waals surface area contributed by atoms with Crippen LogP contribution in [0.2, 0.25) is 0 Å². The predicted molar refractivity (Wildman–Crippen MR) is 74.2 cm³/mol. The van der Waals surface area contributed by atoms with Gasteiger partial charge in [-0.15, -0.1) is 0 Å². The standard InChI is InChI=1S/C13H13F7N2O2S/c14-8-1-2-10(11(5-8)25(23,24)13(18,19)20)21-9-3-4-22(6-9)7-12(15,16)17/h1-2,5,9,21H,3-4,6-7H2. The Morgan fingerprint density at radius 1 is 1.16 bits per heavy atom. The molecule has 1 aliphatic rings. The Labute approximate surface area is 138 Å². The molecule has 2 rings (SSSR count). The topological polar surface area (TPSA) is 49.4 Å². The Hall–Kier alpha value is -1.56. The van der Waals surface area contributed by atoms with E-state index in [4.69, 9.17) is 0 Å². The van der Waals surface area contributed by atoms with Crippen molar-refractivity contribution in [1.82, 2.24) is 4.90 Å². The van der Waals surface area contributed by atoms with Crippen LogP contribution in [0.4, 0.5) is 36.4 Å². The summed E-state index contributed by atoms with van der Waals surface area (Å²) in [5.74, 6) is -1.18. The van der Waals surface area contributed by atoms with Crippen LogP contribution in [0.1, 0.15) is 6.42 Å². The Morgan fingerprint density at radius 3 is 2.36 bits per heavy atom. The zero-order valence-corrected chi connectivity index (χ0v) is 13.3. The minimum Gasteiger partial charge on any atom is -0.380 e. The third-order valence-electron chi connectivity index (χ3n) is 3.57. The van der Waals surface area contributed by atoms with Gasteiger partial charge >= 0.3 is 11.7 Å². The molecule has 4 nitrogen and oxygen atoms in total. The lowest BCUT2D eigenvalue weighted by Crippen LogP contribution is -2.34. The van der Waals surface area contributed by atoms with E-state index in [1.54, 1.807) is 0 Å². The number of nitrogens with zero attached hydrogens (tertiary/aromatic N) is 1. The van der Waals surface area contributed by atoms with Crippen LogP contribution in [-0.2, 0) is 9.84 Å². The minimum atomic E-state index is -5.81. The van der Waals surface area contributed by atoms with E-state index in [0.29, 0.717) is 0 Å². The number of hydrogen-bond acceptors (Lipinski definition) is 4. The second-order valence-electron chi connectivity index (χ2n) is 5.57. The second kappa shape index (κ2) is 6.63. The Kier molecular flexibility index (Phi) is 5.24. The molecule has 1 fully saturated rings. The molecule has 0 amide bonds. The normalized spacial score (nSPS) is 20.0. The van der Waals surface area contributed by atoms with Gasteiger partial charge in [0.05, 0.1) is 12.2 Å². The minimum absolute atomic E-state index is 0.0414. The van der Waals surface area contributed by atoms with Crippen LogP contribution in [-0.4, -0.2) is 50.7 Å². The maximum Gasteiger partial charge on any atom is 0.501 e. The molecule has 1 atom stereocenters. The number of halogens is 7. The molecule has 1 heterocycles. The highest BCUT2D eigenvalue weighted by molar-refractivity contribution is 7.92. The monoisotopic (exact) mass is 394 g/mol. The summed E-state index contributed by atoms with van der Waals surface area (Å²) in [4.78, 5) is -0.256. The van der Waals surface area contributed by atoms with Crippen molar-refractivity contribution in [2.24, 2.45) is 0 Å². The second-order valence-corrected chi connectivity index (χ2v) is 7.48. The molecule has 0 aliphatic carbocycles. The van der Waals surface area contributed by atoms with Crippen molar-refractivity contribution in [1.29, 1.82) is 0 Å². The first-order chi connectivity index (χ1) is 11.3. The predicted octanol–water partition coefficient (Wildman–Crippen LogP) is 3.17. The molecule has 142 valence electrons. The molecule has 0 saturated carbocycles. The summed E-state index contributed by atoms with van der Waals surface area (Å²) in [6.07, 6.45) is -4.26. The van der Waals surface area contributed by atoms with E-state index >= 15 is 0 Å². The first kappa shape index (κ1) is 19.8. The third-order valence-corrected chi connectivity index (χ3v) is 5.10. The summed E-state index contributed by atoms with van der Waals surface area (Å²) in [7, 11) is -5.81. The van der Waals surface area contributed by atoms with Gasteiger partial charge in [-0.25, -0.2) is 12.8 Å². The first-order valence-electron chi connectivity index (χ1n) is 6.96. The van der Waals surface area contributed by atoms with Crippen molar-refractivity contribution in [3.05, 3.63) is 24.0 Å². The van der Waals surface area contributed by atoms with Gasteiger partial charge in [0, 0.05) is 19.1 Å². The fourth-order valence-electron chi connectivity index (χ4n) is 2.53. The average molecular weight is 394 g/mol. The van der Waals surface area contributed by atoms with Gasteiger partial charge in [0.1, 0.15) is 10.7 Å². The number of nitrogens with one attached hydrogen (secondary N) is 1. The molecular weight excluding hydrogens is 381 g/mol. The van der Waals surface area contributed by atoms with E-state index in [0.717, 1.165) is 17.0 Å². The Bertz CT molecular complexity index is 731. The highest BCUT2D eigenvalue weighted by Gasteiger charge is 2.48. The summed E-state index contributed by atoms with van der Waals surface area (Å²) in [6, 6.07) is 1.11. The fourth-order valence-corrected chi connectivity index (χ4v) is 3.46. The Morgan fingerprint density at radius 2 is 1.80 bits per heavy atom. The lowest BCUT2D eigenvalue weighted by Gasteiger charge is -2.20. The van der Waals surface area contributed by atoms with E-state index in [1.807, 2.05) is 0 Å². The van der Waals surface area contributed by atoms with Gasteiger partial charge in [0.2, 0.25) is 0 Å². The van der Waals surface area contributed by atoms with Crippen LogP contribution in [0.25, 0.3) is 0 Å². The highest BCUT2D eigenvalue weighted by atomic mass is 32.2. The van der Waals surface area contributed by atoms with Crippen molar-refractivity contribution < 1.29 is 39.2 Å². The maximum absolute atomic E-state index is 13.2. The van der Waals surface area contributed by atoms with Crippen molar-refractivity contribution in [3.63, 3.8) is 0 Å². The SMILES string of the molecule is O=S(=O)(c1cc(F)ccc1NC1CCN(CC(F)(F)F)C1)C(F)(F)F. The molecule has 1 unspecified atom stereocenters. The fraction of sp³-hybridized carbons (Fsp3) is 0.538. The number of likely N-dealkylation sites (tertiary alicyclic amines) is 1. The van der Waals surface area contributed by atoms with Gasteiger partial charge in [-0.05, 0) is 24.6 Å². The van der Waals surface area contributed by atoms with Crippen LogP contribution in [0.3, 0.4) is 0 Å². The molecule has 0 spiro atoms. The van der Waals surface area contributed by atoms with Gasteiger partial charge in [-0.1, -0.05) is 0 Å². The third kappa shape index (κ3) is 4.75. The first-order valence-corrected chi connectivity index (χ1v) is 8.44. The van der Waals surface area contributed by atoms with Crippen LogP contribution < -0.4 is 5.32 Å². The van der Waals surface area contributed by atoms with Crippen LogP contribution in [0.5, 0.6) is 0 Å². The zero-order chi connectivity index (χ0) is 19.0. The van der Waals surface area contributed by atoms with E-state index in [9.17, 15) is 39.2 Å². The number of sulfone groups is 1. The molecule has 25 heavy (non-hydrogen) atoms. The molecule has 0 bridgehead atoms. The molecule has 12 heteroatoms. The number of alkyl halides is 6. The van der Waals surface area contributed by atoms with Crippen LogP contribution >= 0.6 is 0 Å². The largest absolute Gasteiger partial charge is 0.501 e. The number of rotatable bonds is 4. The average Bonchev–Trinajstić information content (AvgIpc) is 2.84. The molecule has 1 aromatic rings. The molecule has 1 saturated heterocycles. The van der Waals surface area contributed by atoms with Crippen molar-refractivity contribution in [2.45, 2.75) is 29.0 Å². The summed E-state index contributed by atoms with van der Waals surface area (Å²) in [5.41, 5.74) is -6.13. The van der Waals surface area contributed by atoms with Gasteiger partial charge in [-0.2, -0.15) is 26.3 Å². The zero-order valence-electron chi connectivity index (χ0n) is 12.5. The lowest BCUT2D eigenvalue weighted by atomic mass is 10.2. The molecule has 0 aromatic heterocycles. The van der Waals surface area contributed by atoms with E-state index in [1.165, 1.54) is 0 Å². The molecule has 1 aliphatic heterocycles. The van der Waals surface area contributed by atoms with Crippen molar-refractivity contribution in [2.75, 3.05) is 25.0 Å². The summed E-state index contributed by atoms with van der Waals surface area (Å²) >= 11 is 0. The van der Waals surface area contributed by atoms with E-state index < -0.39 is 50.5 Å².